The fourth-order valence-electron chi connectivity index (χ4n) is 1.14. The zero-order valence-corrected chi connectivity index (χ0v) is 9.44. The fourth-order valence-corrected chi connectivity index (χ4v) is 1.14. The van der Waals surface area contributed by atoms with Gasteiger partial charge < -0.3 is 10.5 Å². The number of hydrogen-bond donors (Lipinski definition) is 1. The van der Waals surface area contributed by atoms with Gasteiger partial charge in [0, 0.05) is 5.69 Å². The Morgan fingerprint density at radius 2 is 1.76 bits per heavy atom. The topological polar surface area (TPSA) is 35.2 Å². The van der Waals surface area contributed by atoms with Crippen LogP contribution in [0.1, 0.15) is 19.4 Å². The van der Waals surface area contributed by atoms with Gasteiger partial charge in [-0.1, -0.05) is 0 Å². The van der Waals surface area contributed by atoms with Crippen LogP contribution in [0.5, 0.6) is 5.75 Å². The smallest absolute Gasteiger partial charge is 0.420 e. The SMILES string of the molecule is CC(C)(F)COc1ccc(N)cc1C(F)(F)F. The molecule has 0 aliphatic heterocycles. The Bertz CT molecular complexity index is 395. The minimum absolute atomic E-state index is 0.0239. The van der Waals surface area contributed by atoms with Crippen LogP contribution in [-0.4, -0.2) is 12.3 Å². The van der Waals surface area contributed by atoms with Crippen LogP contribution in [0.25, 0.3) is 0 Å². The van der Waals surface area contributed by atoms with E-state index in [1.807, 2.05) is 0 Å². The highest BCUT2D eigenvalue weighted by Gasteiger charge is 2.35. The Kier molecular flexibility index (Phi) is 3.54. The van der Waals surface area contributed by atoms with Crippen LogP contribution in [0.2, 0.25) is 0 Å². The number of benzene rings is 1. The first-order valence-corrected chi connectivity index (χ1v) is 4.88. The van der Waals surface area contributed by atoms with Crippen molar-refractivity contribution in [1.82, 2.24) is 0 Å². The van der Waals surface area contributed by atoms with Crippen molar-refractivity contribution in [2.24, 2.45) is 0 Å². The standard InChI is InChI=1S/C11H13F4NO/c1-10(2,12)6-17-9-4-3-7(16)5-8(9)11(13,14)15/h3-5H,6,16H2,1-2H3. The second-order valence-corrected chi connectivity index (χ2v) is 4.26. The number of ether oxygens (including phenoxy) is 1. The first kappa shape index (κ1) is 13.6. The lowest BCUT2D eigenvalue weighted by atomic mass is 10.1. The van der Waals surface area contributed by atoms with Crippen LogP contribution >= 0.6 is 0 Å². The van der Waals surface area contributed by atoms with Gasteiger partial charge >= 0.3 is 6.18 Å². The van der Waals surface area contributed by atoms with Gasteiger partial charge in [-0.05, 0) is 32.0 Å². The molecule has 17 heavy (non-hydrogen) atoms. The van der Waals surface area contributed by atoms with Gasteiger partial charge in [-0.2, -0.15) is 13.2 Å². The second-order valence-electron chi connectivity index (χ2n) is 4.26. The molecule has 1 aromatic rings. The predicted molar refractivity (Wildman–Crippen MR) is 56.5 cm³/mol. The van der Waals surface area contributed by atoms with Crippen LogP contribution < -0.4 is 10.5 Å². The molecule has 0 radical (unpaired) electrons. The van der Waals surface area contributed by atoms with E-state index < -0.39 is 29.8 Å². The Morgan fingerprint density at radius 3 is 2.24 bits per heavy atom. The molecule has 0 atom stereocenters. The lowest BCUT2D eigenvalue weighted by Gasteiger charge is -2.18. The average molecular weight is 251 g/mol. The normalized spacial score (nSPS) is 12.6. The number of anilines is 1. The summed E-state index contributed by atoms with van der Waals surface area (Å²) in [5, 5.41) is 0. The van der Waals surface area contributed by atoms with Gasteiger partial charge in [-0.25, -0.2) is 4.39 Å². The largest absolute Gasteiger partial charge is 0.490 e. The van der Waals surface area contributed by atoms with E-state index >= 15 is 0 Å². The lowest BCUT2D eigenvalue weighted by Crippen LogP contribution is -2.23. The molecule has 2 N–H and O–H groups in total. The summed E-state index contributed by atoms with van der Waals surface area (Å²) in [5.74, 6) is -0.419. The molecule has 1 aromatic carbocycles. The molecule has 0 heterocycles. The molecule has 0 saturated carbocycles. The Morgan fingerprint density at radius 1 is 1.18 bits per heavy atom. The fraction of sp³-hybridized carbons (Fsp3) is 0.455. The maximum absolute atomic E-state index is 13.2. The number of alkyl halides is 4. The van der Waals surface area contributed by atoms with Gasteiger partial charge in [0.2, 0.25) is 0 Å². The molecule has 2 nitrogen and oxygen atoms in total. The van der Waals surface area contributed by atoms with E-state index in [9.17, 15) is 17.6 Å². The van der Waals surface area contributed by atoms with Gasteiger partial charge in [0.25, 0.3) is 0 Å². The zero-order chi connectivity index (χ0) is 13.3. The lowest BCUT2D eigenvalue weighted by molar-refractivity contribution is -0.139. The van der Waals surface area contributed by atoms with Crippen molar-refractivity contribution in [3.05, 3.63) is 23.8 Å². The average Bonchev–Trinajstić information content (AvgIpc) is 2.13. The zero-order valence-electron chi connectivity index (χ0n) is 9.44. The van der Waals surface area contributed by atoms with E-state index in [-0.39, 0.29) is 5.69 Å². The van der Waals surface area contributed by atoms with Gasteiger partial charge in [0.15, 0.2) is 0 Å². The summed E-state index contributed by atoms with van der Waals surface area (Å²) in [5.41, 5.74) is 2.55. The predicted octanol–water partition coefficient (Wildman–Crippen LogP) is 3.41. The molecule has 0 fully saturated rings. The van der Waals surface area contributed by atoms with Crippen molar-refractivity contribution >= 4 is 5.69 Å². The van der Waals surface area contributed by atoms with E-state index in [1.54, 1.807) is 0 Å². The van der Waals surface area contributed by atoms with E-state index in [0.29, 0.717) is 0 Å². The van der Waals surface area contributed by atoms with Crippen molar-refractivity contribution in [2.75, 3.05) is 12.3 Å². The molecule has 0 saturated heterocycles. The molecule has 0 spiro atoms. The third-order valence-electron chi connectivity index (χ3n) is 1.88. The van der Waals surface area contributed by atoms with Gasteiger partial charge in [0.1, 0.15) is 18.0 Å². The van der Waals surface area contributed by atoms with E-state index in [0.717, 1.165) is 12.1 Å². The summed E-state index contributed by atoms with van der Waals surface area (Å²) in [7, 11) is 0. The van der Waals surface area contributed by atoms with E-state index in [1.165, 1.54) is 19.9 Å². The summed E-state index contributed by atoms with van der Waals surface area (Å²) >= 11 is 0. The molecule has 0 aromatic heterocycles. The highest BCUT2D eigenvalue weighted by atomic mass is 19.4. The molecule has 96 valence electrons. The van der Waals surface area contributed by atoms with Crippen LogP contribution in [-0.2, 0) is 6.18 Å². The number of hydrogen-bond acceptors (Lipinski definition) is 2. The van der Waals surface area contributed by atoms with Crippen molar-refractivity contribution in [3.63, 3.8) is 0 Å². The molecule has 0 bridgehead atoms. The summed E-state index contributed by atoms with van der Waals surface area (Å²) < 4.78 is 55.8. The highest BCUT2D eigenvalue weighted by Crippen LogP contribution is 2.37. The Balaban J connectivity index is 2.99. The van der Waals surface area contributed by atoms with Gasteiger partial charge in [0.05, 0.1) is 5.56 Å². The number of nitrogens with two attached hydrogens (primary N) is 1. The molecular formula is C11H13F4NO. The third-order valence-corrected chi connectivity index (χ3v) is 1.88. The van der Waals surface area contributed by atoms with Crippen LogP contribution in [0, 0.1) is 0 Å². The number of nitrogen functional groups attached to an aromatic ring is 1. The minimum atomic E-state index is -4.58. The summed E-state index contributed by atoms with van der Waals surface area (Å²) in [6.45, 7) is 1.98. The number of rotatable bonds is 3. The molecule has 0 aliphatic carbocycles. The van der Waals surface area contributed by atoms with Crippen LogP contribution in [0.4, 0.5) is 23.2 Å². The molecule has 0 amide bonds. The maximum atomic E-state index is 13.2. The van der Waals surface area contributed by atoms with Crippen molar-refractivity contribution < 1.29 is 22.3 Å². The first-order valence-electron chi connectivity index (χ1n) is 4.88. The van der Waals surface area contributed by atoms with Gasteiger partial charge in [-0.3, -0.25) is 0 Å². The third kappa shape index (κ3) is 4.13. The minimum Gasteiger partial charge on any atom is -0.490 e. The number of halogens is 4. The molecular weight excluding hydrogens is 238 g/mol. The van der Waals surface area contributed by atoms with E-state index in [4.69, 9.17) is 10.5 Å². The van der Waals surface area contributed by atoms with Gasteiger partial charge in [-0.15, -0.1) is 0 Å². The maximum Gasteiger partial charge on any atom is 0.420 e. The summed E-state index contributed by atoms with van der Waals surface area (Å²) in [6.07, 6.45) is -4.58. The summed E-state index contributed by atoms with van der Waals surface area (Å²) in [4.78, 5) is 0. The summed E-state index contributed by atoms with van der Waals surface area (Å²) in [6, 6.07) is 3.13. The second kappa shape index (κ2) is 4.43. The highest BCUT2D eigenvalue weighted by molar-refractivity contribution is 5.49. The monoisotopic (exact) mass is 251 g/mol. The van der Waals surface area contributed by atoms with Crippen LogP contribution in [0.15, 0.2) is 18.2 Å². The van der Waals surface area contributed by atoms with Crippen molar-refractivity contribution in [1.29, 1.82) is 0 Å². The van der Waals surface area contributed by atoms with E-state index in [2.05, 4.69) is 0 Å². The van der Waals surface area contributed by atoms with Crippen LogP contribution in [0.3, 0.4) is 0 Å². The molecule has 0 aliphatic rings. The molecule has 0 unspecified atom stereocenters. The molecule has 1 rings (SSSR count). The Hall–Kier alpha value is -1.46. The molecule has 6 heteroatoms. The van der Waals surface area contributed by atoms with Crippen molar-refractivity contribution in [2.45, 2.75) is 25.7 Å². The Labute approximate surface area is 96.4 Å². The first-order chi connectivity index (χ1) is 7.59. The van der Waals surface area contributed by atoms with Crippen molar-refractivity contribution in [3.8, 4) is 5.75 Å². The quantitative estimate of drug-likeness (QED) is 0.660.